The summed E-state index contributed by atoms with van der Waals surface area (Å²) in [7, 11) is -3.43. The van der Waals surface area contributed by atoms with Crippen LogP contribution in [0.2, 0.25) is 0 Å². The van der Waals surface area contributed by atoms with E-state index in [1.165, 1.54) is 0 Å². The van der Waals surface area contributed by atoms with Crippen molar-refractivity contribution in [2.75, 3.05) is 19.9 Å². The third-order valence-electron chi connectivity index (χ3n) is 4.98. The molecule has 0 radical (unpaired) electrons. The van der Waals surface area contributed by atoms with Crippen LogP contribution in [0.1, 0.15) is 25.3 Å². The number of hydrogen-bond donors (Lipinski definition) is 0. The second kappa shape index (κ2) is 7.32. The van der Waals surface area contributed by atoms with Gasteiger partial charge in [0.15, 0.2) is 11.5 Å². The summed E-state index contributed by atoms with van der Waals surface area (Å²) in [6.45, 7) is 3.58. The highest BCUT2D eigenvalue weighted by Gasteiger charge is 2.27. The molecule has 0 atom stereocenters. The lowest BCUT2D eigenvalue weighted by molar-refractivity contribution is 0.174. The van der Waals surface area contributed by atoms with Crippen LogP contribution in [-0.2, 0) is 10.0 Å². The van der Waals surface area contributed by atoms with E-state index in [4.69, 9.17) is 9.47 Å². The Morgan fingerprint density at radius 3 is 2.48 bits per heavy atom. The average molecular weight is 386 g/mol. The molecular weight excluding hydrogens is 364 g/mol. The minimum Gasteiger partial charge on any atom is -0.454 e. The molecular formula is C20H22N2O4S. The maximum Gasteiger partial charge on any atom is 0.243 e. The highest BCUT2D eigenvalue weighted by Crippen LogP contribution is 2.32. The van der Waals surface area contributed by atoms with Gasteiger partial charge in [-0.1, -0.05) is 6.92 Å². The molecule has 142 valence electrons. The summed E-state index contributed by atoms with van der Waals surface area (Å²) in [5, 5.41) is 0. The quantitative estimate of drug-likeness (QED) is 0.753. The van der Waals surface area contributed by atoms with Crippen molar-refractivity contribution in [1.29, 1.82) is 0 Å². The van der Waals surface area contributed by atoms with Crippen LogP contribution in [0.15, 0.2) is 52.4 Å². The Balaban J connectivity index is 1.47. The third-order valence-corrected chi connectivity index (χ3v) is 6.89. The van der Waals surface area contributed by atoms with Gasteiger partial charge in [-0.3, -0.25) is 4.99 Å². The van der Waals surface area contributed by atoms with Crippen LogP contribution in [0.5, 0.6) is 11.5 Å². The zero-order valence-corrected chi connectivity index (χ0v) is 16.0. The van der Waals surface area contributed by atoms with Gasteiger partial charge in [0.1, 0.15) is 0 Å². The normalized spacial score (nSPS) is 18.3. The fourth-order valence-corrected chi connectivity index (χ4v) is 4.69. The van der Waals surface area contributed by atoms with Crippen molar-refractivity contribution in [3.8, 4) is 11.5 Å². The van der Waals surface area contributed by atoms with E-state index in [2.05, 4.69) is 11.9 Å². The van der Waals surface area contributed by atoms with E-state index in [-0.39, 0.29) is 6.79 Å². The van der Waals surface area contributed by atoms with Gasteiger partial charge < -0.3 is 9.47 Å². The van der Waals surface area contributed by atoms with Gasteiger partial charge in [0, 0.05) is 19.3 Å². The van der Waals surface area contributed by atoms with E-state index in [0.29, 0.717) is 35.3 Å². The molecule has 1 fully saturated rings. The predicted octanol–water partition coefficient (Wildman–Crippen LogP) is 3.59. The number of aliphatic imine (C=N–C) groups is 1. The van der Waals surface area contributed by atoms with Crippen LogP contribution in [0.3, 0.4) is 0 Å². The van der Waals surface area contributed by atoms with E-state index in [0.717, 1.165) is 24.2 Å². The van der Waals surface area contributed by atoms with Gasteiger partial charge in [-0.05, 0) is 66.8 Å². The molecule has 27 heavy (non-hydrogen) atoms. The number of fused-ring (bicyclic) bond motifs is 1. The first-order valence-electron chi connectivity index (χ1n) is 9.06. The van der Waals surface area contributed by atoms with Crippen molar-refractivity contribution in [2.45, 2.75) is 24.7 Å². The monoisotopic (exact) mass is 386 g/mol. The van der Waals surface area contributed by atoms with E-state index in [1.54, 1.807) is 34.8 Å². The molecule has 2 aliphatic rings. The number of benzene rings is 2. The Bertz CT molecular complexity index is 946. The molecule has 0 aliphatic carbocycles. The average Bonchev–Trinajstić information content (AvgIpc) is 3.15. The predicted molar refractivity (Wildman–Crippen MR) is 103 cm³/mol. The first-order chi connectivity index (χ1) is 13.0. The Morgan fingerprint density at radius 2 is 1.74 bits per heavy atom. The standard InChI is InChI=1S/C20H22N2O4S/c1-15-8-10-22(11-9-15)27(23,24)18-5-3-17(4-6-18)21-13-16-2-7-19-20(12-16)26-14-25-19/h2-7,12-13,15H,8-11,14H2,1H3. The zero-order chi connectivity index (χ0) is 18.9. The number of rotatable bonds is 4. The van der Waals surface area contributed by atoms with E-state index in [1.807, 2.05) is 18.2 Å². The fraction of sp³-hybridized carbons (Fsp3) is 0.350. The lowest BCUT2D eigenvalue weighted by Gasteiger charge is -2.29. The smallest absolute Gasteiger partial charge is 0.243 e. The summed E-state index contributed by atoms with van der Waals surface area (Å²) in [6, 6.07) is 12.3. The molecule has 0 N–H and O–H groups in total. The minimum atomic E-state index is -3.43. The Labute approximate surface area is 159 Å². The van der Waals surface area contributed by atoms with Gasteiger partial charge in [0.05, 0.1) is 10.6 Å². The van der Waals surface area contributed by atoms with Crippen LogP contribution < -0.4 is 9.47 Å². The maximum absolute atomic E-state index is 12.8. The molecule has 0 aromatic heterocycles. The SMILES string of the molecule is CC1CCN(S(=O)(=O)c2ccc(N=Cc3ccc4c(c3)OCO4)cc2)CC1. The Kier molecular flexibility index (Phi) is 4.88. The summed E-state index contributed by atoms with van der Waals surface area (Å²) in [5.74, 6) is 2.02. The third kappa shape index (κ3) is 3.84. The zero-order valence-electron chi connectivity index (χ0n) is 15.2. The maximum atomic E-state index is 12.8. The summed E-state index contributed by atoms with van der Waals surface area (Å²) in [6.07, 6.45) is 3.55. The lowest BCUT2D eigenvalue weighted by atomic mass is 10.0. The van der Waals surface area contributed by atoms with Crippen LogP contribution in [0, 0.1) is 5.92 Å². The summed E-state index contributed by atoms with van der Waals surface area (Å²) < 4.78 is 37.7. The topological polar surface area (TPSA) is 68.2 Å². The Hall–Kier alpha value is -2.38. The highest BCUT2D eigenvalue weighted by atomic mass is 32.2. The summed E-state index contributed by atoms with van der Waals surface area (Å²) in [4.78, 5) is 4.74. The molecule has 0 bridgehead atoms. The van der Waals surface area contributed by atoms with Crippen LogP contribution in [0.4, 0.5) is 5.69 Å². The molecule has 0 unspecified atom stereocenters. The van der Waals surface area contributed by atoms with Crippen LogP contribution in [0.25, 0.3) is 0 Å². The number of ether oxygens (including phenoxy) is 2. The van der Waals surface area contributed by atoms with Gasteiger partial charge in [0.25, 0.3) is 0 Å². The molecule has 0 amide bonds. The van der Waals surface area contributed by atoms with Crippen molar-refractivity contribution in [3.05, 3.63) is 48.0 Å². The molecule has 0 spiro atoms. The van der Waals surface area contributed by atoms with Crippen molar-refractivity contribution in [2.24, 2.45) is 10.9 Å². The van der Waals surface area contributed by atoms with Gasteiger partial charge >= 0.3 is 0 Å². The first-order valence-corrected chi connectivity index (χ1v) is 10.5. The molecule has 2 heterocycles. The van der Waals surface area contributed by atoms with Gasteiger partial charge in [-0.2, -0.15) is 4.31 Å². The van der Waals surface area contributed by atoms with Gasteiger partial charge in [0.2, 0.25) is 16.8 Å². The van der Waals surface area contributed by atoms with Gasteiger partial charge in [-0.25, -0.2) is 8.42 Å². The fourth-order valence-electron chi connectivity index (χ4n) is 3.22. The number of piperidine rings is 1. The second-order valence-electron chi connectivity index (χ2n) is 6.95. The minimum absolute atomic E-state index is 0.238. The lowest BCUT2D eigenvalue weighted by Crippen LogP contribution is -2.37. The number of nitrogens with zero attached hydrogens (tertiary/aromatic N) is 2. The molecule has 2 aromatic carbocycles. The Morgan fingerprint density at radius 1 is 1.04 bits per heavy atom. The highest BCUT2D eigenvalue weighted by molar-refractivity contribution is 7.89. The summed E-state index contributed by atoms with van der Waals surface area (Å²) >= 11 is 0. The summed E-state index contributed by atoms with van der Waals surface area (Å²) in [5.41, 5.74) is 1.58. The molecule has 7 heteroatoms. The number of hydrogen-bond acceptors (Lipinski definition) is 5. The molecule has 2 aliphatic heterocycles. The molecule has 4 rings (SSSR count). The van der Waals surface area contributed by atoms with Crippen LogP contribution >= 0.6 is 0 Å². The molecule has 1 saturated heterocycles. The molecule has 2 aromatic rings. The van der Waals surface area contributed by atoms with Crippen molar-refractivity contribution in [3.63, 3.8) is 0 Å². The first kappa shape index (κ1) is 18.0. The van der Waals surface area contributed by atoms with Crippen molar-refractivity contribution >= 4 is 21.9 Å². The van der Waals surface area contributed by atoms with Crippen molar-refractivity contribution < 1.29 is 17.9 Å². The molecule has 6 nitrogen and oxygen atoms in total. The largest absolute Gasteiger partial charge is 0.454 e. The van der Waals surface area contributed by atoms with E-state index >= 15 is 0 Å². The van der Waals surface area contributed by atoms with Crippen LogP contribution in [-0.4, -0.2) is 38.8 Å². The second-order valence-corrected chi connectivity index (χ2v) is 8.89. The van der Waals surface area contributed by atoms with Gasteiger partial charge in [-0.15, -0.1) is 0 Å². The van der Waals surface area contributed by atoms with E-state index in [9.17, 15) is 8.42 Å². The number of sulfonamides is 1. The van der Waals surface area contributed by atoms with E-state index < -0.39 is 10.0 Å². The van der Waals surface area contributed by atoms with Crippen molar-refractivity contribution in [1.82, 2.24) is 4.31 Å². The molecule has 0 saturated carbocycles.